The first-order valence-electron chi connectivity index (χ1n) is 6.42. The number of carboxylic acids is 1. The van der Waals surface area contributed by atoms with E-state index in [4.69, 9.17) is 0 Å². The van der Waals surface area contributed by atoms with Crippen LogP contribution >= 0.6 is 0 Å². The zero-order chi connectivity index (χ0) is 12.9. The summed E-state index contributed by atoms with van der Waals surface area (Å²) in [5, 5.41) is 10.5. The van der Waals surface area contributed by atoms with Gasteiger partial charge < -0.3 is 10.1 Å². The Hall–Kier alpha value is -1.77. The molecule has 1 aromatic heterocycles. The molecule has 1 atom stereocenters. The van der Waals surface area contributed by atoms with Crippen LogP contribution in [-0.2, 0) is 11.2 Å². The molecule has 1 aliphatic carbocycles. The van der Waals surface area contributed by atoms with E-state index in [9.17, 15) is 9.90 Å². The molecule has 2 aromatic rings. The van der Waals surface area contributed by atoms with E-state index in [2.05, 4.69) is 31.0 Å². The third kappa shape index (κ3) is 1.54. The van der Waals surface area contributed by atoms with Crippen LogP contribution in [0.2, 0.25) is 0 Å². The Bertz CT molecular complexity index is 639. The van der Waals surface area contributed by atoms with Gasteiger partial charge in [-0.3, -0.25) is 4.79 Å². The lowest BCUT2D eigenvalue weighted by Crippen LogP contribution is -2.17. The Balaban J connectivity index is 2.34. The lowest BCUT2D eigenvalue weighted by Gasteiger charge is -2.19. The largest absolute Gasteiger partial charge is 0.481 e. The molecular weight excluding hydrogens is 226 g/mol. The Kier molecular flexibility index (Phi) is 2.44. The highest BCUT2D eigenvalue weighted by Crippen LogP contribution is 2.38. The van der Waals surface area contributed by atoms with Crippen LogP contribution in [0.3, 0.4) is 0 Å². The lowest BCUT2D eigenvalue weighted by atomic mass is 9.84. The number of aromatic nitrogens is 1. The van der Waals surface area contributed by atoms with Crippen LogP contribution in [0.4, 0.5) is 0 Å². The van der Waals surface area contributed by atoms with Crippen molar-refractivity contribution in [3.05, 3.63) is 34.5 Å². The minimum Gasteiger partial charge on any atom is -0.481 e. The average molecular weight is 243 g/mol. The molecule has 1 aliphatic rings. The fourth-order valence-corrected chi connectivity index (χ4v) is 3.26. The van der Waals surface area contributed by atoms with Gasteiger partial charge in [-0.25, -0.2) is 0 Å². The first-order valence-corrected chi connectivity index (χ1v) is 6.42. The summed E-state index contributed by atoms with van der Waals surface area (Å²) < 4.78 is 0. The summed E-state index contributed by atoms with van der Waals surface area (Å²) in [7, 11) is 0. The van der Waals surface area contributed by atoms with Gasteiger partial charge in [-0.15, -0.1) is 0 Å². The molecule has 0 radical (unpaired) electrons. The van der Waals surface area contributed by atoms with E-state index in [1.807, 2.05) is 0 Å². The summed E-state index contributed by atoms with van der Waals surface area (Å²) >= 11 is 0. The number of hydrogen-bond acceptors (Lipinski definition) is 1. The van der Waals surface area contributed by atoms with Gasteiger partial charge in [-0.2, -0.15) is 0 Å². The molecule has 0 amide bonds. The van der Waals surface area contributed by atoms with Gasteiger partial charge in [0, 0.05) is 16.6 Å². The Morgan fingerprint density at radius 2 is 2.17 bits per heavy atom. The number of rotatable bonds is 1. The number of H-pyrrole nitrogens is 1. The molecule has 94 valence electrons. The van der Waals surface area contributed by atoms with Crippen molar-refractivity contribution in [1.29, 1.82) is 0 Å². The number of aromatic amines is 1. The molecule has 0 saturated heterocycles. The summed E-state index contributed by atoms with van der Waals surface area (Å²) in [6.07, 6.45) is 2.67. The topological polar surface area (TPSA) is 53.1 Å². The van der Waals surface area contributed by atoms with Crippen LogP contribution < -0.4 is 0 Å². The van der Waals surface area contributed by atoms with E-state index >= 15 is 0 Å². The highest BCUT2D eigenvalue weighted by atomic mass is 16.4. The maximum atomic E-state index is 11.4. The van der Waals surface area contributed by atoms with Crippen molar-refractivity contribution in [2.45, 2.75) is 39.0 Å². The van der Waals surface area contributed by atoms with Crippen molar-refractivity contribution in [3.63, 3.8) is 0 Å². The van der Waals surface area contributed by atoms with E-state index in [-0.39, 0.29) is 5.92 Å². The van der Waals surface area contributed by atoms with Gasteiger partial charge in [0.2, 0.25) is 0 Å². The predicted octanol–water partition coefficient (Wildman–Crippen LogP) is 3.29. The molecule has 18 heavy (non-hydrogen) atoms. The Morgan fingerprint density at radius 1 is 1.39 bits per heavy atom. The van der Waals surface area contributed by atoms with Crippen LogP contribution in [0.15, 0.2) is 12.1 Å². The lowest BCUT2D eigenvalue weighted by molar-refractivity contribution is -0.139. The number of fused-ring (bicyclic) bond motifs is 3. The first kappa shape index (κ1) is 11.3. The number of aliphatic carboxylic acids is 1. The van der Waals surface area contributed by atoms with Crippen LogP contribution in [0.25, 0.3) is 10.9 Å². The maximum Gasteiger partial charge on any atom is 0.311 e. The molecule has 0 fully saturated rings. The Labute approximate surface area is 106 Å². The summed E-state index contributed by atoms with van der Waals surface area (Å²) in [6, 6.07) is 4.24. The Morgan fingerprint density at radius 3 is 2.89 bits per heavy atom. The van der Waals surface area contributed by atoms with Crippen molar-refractivity contribution in [2.24, 2.45) is 0 Å². The van der Waals surface area contributed by atoms with Gasteiger partial charge in [0.25, 0.3) is 0 Å². The molecule has 3 heteroatoms. The molecule has 1 aromatic carbocycles. The molecule has 0 bridgehead atoms. The van der Waals surface area contributed by atoms with E-state index in [1.165, 1.54) is 11.1 Å². The van der Waals surface area contributed by atoms with Crippen LogP contribution in [0.1, 0.15) is 41.1 Å². The minimum absolute atomic E-state index is 0.344. The predicted molar refractivity (Wildman–Crippen MR) is 71.1 cm³/mol. The van der Waals surface area contributed by atoms with Gasteiger partial charge >= 0.3 is 5.97 Å². The normalized spacial score (nSPS) is 18.9. The van der Waals surface area contributed by atoms with Gasteiger partial charge in [0.1, 0.15) is 0 Å². The van der Waals surface area contributed by atoms with Crippen molar-refractivity contribution in [3.8, 4) is 0 Å². The van der Waals surface area contributed by atoms with E-state index in [0.717, 1.165) is 41.4 Å². The molecule has 0 aliphatic heterocycles. The maximum absolute atomic E-state index is 11.4. The second-order valence-corrected chi connectivity index (χ2v) is 5.30. The number of hydrogen-bond donors (Lipinski definition) is 2. The number of benzene rings is 1. The summed E-state index contributed by atoms with van der Waals surface area (Å²) in [5.41, 5.74) is 5.63. The highest BCUT2D eigenvalue weighted by molar-refractivity contribution is 5.93. The second kappa shape index (κ2) is 3.87. The molecular formula is C15H17NO2. The number of nitrogens with one attached hydrogen (secondary N) is 1. The molecule has 0 spiro atoms. The molecule has 0 saturated carbocycles. The quantitative estimate of drug-likeness (QED) is 0.807. The molecule has 3 rings (SSSR count). The first-order chi connectivity index (χ1) is 8.58. The molecule has 1 heterocycles. The zero-order valence-electron chi connectivity index (χ0n) is 10.7. The van der Waals surface area contributed by atoms with Gasteiger partial charge in [-0.1, -0.05) is 6.07 Å². The smallest absolute Gasteiger partial charge is 0.311 e. The summed E-state index contributed by atoms with van der Waals surface area (Å²) in [4.78, 5) is 14.8. The molecule has 3 nitrogen and oxygen atoms in total. The highest BCUT2D eigenvalue weighted by Gasteiger charge is 2.30. The number of aryl methyl sites for hydroxylation is 3. The fraction of sp³-hybridized carbons (Fsp3) is 0.400. The van der Waals surface area contributed by atoms with Crippen molar-refractivity contribution in [1.82, 2.24) is 4.98 Å². The van der Waals surface area contributed by atoms with Gasteiger partial charge in [-0.05, 0) is 55.9 Å². The van der Waals surface area contributed by atoms with E-state index in [0.29, 0.717) is 0 Å². The average Bonchev–Trinajstić information content (AvgIpc) is 2.65. The number of carbonyl (C=O) groups is 1. The van der Waals surface area contributed by atoms with Crippen molar-refractivity contribution in [2.75, 3.05) is 0 Å². The monoisotopic (exact) mass is 243 g/mol. The number of carboxylic acid groups (broad SMARTS) is 1. The van der Waals surface area contributed by atoms with Crippen LogP contribution in [0, 0.1) is 13.8 Å². The van der Waals surface area contributed by atoms with Gasteiger partial charge in [0.05, 0.1) is 5.92 Å². The van der Waals surface area contributed by atoms with Crippen LogP contribution in [-0.4, -0.2) is 16.1 Å². The molecule has 1 unspecified atom stereocenters. The third-order valence-corrected chi connectivity index (χ3v) is 3.93. The third-order valence-electron chi connectivity index (χ3n) is 3.93. The van der Waals surface area contributed by atoms with E-state index in [1.54, 1.807) is 0 Å². The summed E-state index contributed by atoms with van der Waals surface area (Å²) in [5.74, 6) is -1.04. The van der Waals surface area contributed by atoms with Crippen molar-refractivity contribution >= 4 is 16.9 Å². The SMILES string of the molecule is Cc1cc(C)c2c3c([nH]c2c1)CCCC3C(=O)O. The van der Waals surface area contributed by atoms with E-state index < -0.39 is 5.97 Å². The fourth-order valence-electron chi connectivity index (χ4n) is 3.26. The zero-order valence-corrected chi connectivity index (χ0v) is 10.7. The van der Waals surface area contributed by atoms with Crippen molar-refractivity contribution < 1.29 is 9.90 Å². The summed E-state index contributed by atoms with van der Waals surface area (Å²) in [6.45, 7) is 4.14. The van der Waals surface area contributed by atoms with Gasteiger partial charge in [0.15, 0.2) is 0 Å². The van der Waals surface area contributed by atoms with Crippen LogP contribution in [0.5, 0.6) is 0 Å². The second-order valence-electron chi connectivity index (χ2n) is 5.30. The minimum atomic E-state index is -0.697. The molecule has 2 N–H and O–H groups in total. The standard InChI is InChI=1S/C15H17NO2/c1-8-6-9(2)13-12(7-8)16-11-5-3-4-10(14(11)13)15(17)18/h6-7,10,16H,3-5H2,1-2H3,(H,17,18).